The molecule has 0 fully saturated rings. The van der Waals surface area contributed by atoms with Gasteiger partial charge in [0.15, 0.2) is 5.11 Å². The van der Waals surface area contributed by atoms with Crippen molar-refractivity contribution in [1.82, 2.24) is 10.6 Å². The van der Waals surface area contributed by atoms with Gasteiger partial charge in [-0.15, -0.1) is 0 Å². The highest BCUT2D eigenvalue weighted by Crippen LogP contribution is 2.15. The molecule has 21 heavy (non-hydrogen) atoms. The van der Waals surface area contributed by atoms with Crippen LogP contribution >= 0.6 is 28.1 Å². The van der Waals surface area contributed by atoms with Gasteiger partial charge < -0.3 is 5.32 Å². The number of aryl methyl sites for hydroxylation is 1. The SMILES string of the molecule is Cc1ccc(C(=O)NC(=S)NCc2ccccc2Br)cc1. The van der Waals surface area contributed by atoms with Crippen LogP contribution in [0.1, 0.15) is 21.5 Å². The maximum atomic E-state index is 12.0. The molecule has 2 aromatic rings. The Kier molecular flexibility index (Phi) is 5.47. The van der Waals surface area contributed by atoms with Crippen molar-refractivity contribution in [3.63, 3.8) is 0 Å². The molecule has 0 aromatic heterocycles. The van der Waals surface area contributed by atoms with E-state index < -0.39 is 0 Å². The molecule has 2 aromatic carbocycles. The van der Waals surface area contributed by atoms with Gasteiger partial charge in [-0.25, -0.2) is 0 Å². The van der Waals surface area contributed by atoms with Crippen molar-refractivity contribution in [3.05, 3.63) is 69.7 Å². The van der Waals surface area contributed by atoms with E-state index in [1.54, 1.807) is 12.1 Å². The molecule has 0 aliphatic heterocycles. The summed E-state index contributed by atoms with van der Waals surface area (Å²) in [6, 6.07) is 15.2. The maximum absolute atomic E-state index is 12.0. The summed E-state index contributed by atoms with van der Waals surface area (Å²) in [6.07, 6.45) is 0. The van der Waals surface area contributed by atoms with Gasteiger partial charge in [0.05, 0.1) is 0 Å². The van der Waals surface area contributed by atoms with E-state index in [0.717, 1.165) is 15.6 Å². The van der Waals surface area contributed by atoms with Crippen LogP contribution < -0.4 is 10.6 Å². The molecule has 5 heteroatoms. The van der Waals surface area contributed by atoms with E-state index in [0.29, 0.717) is 17.2 Å². The van der Waals surface area contributed by atoms with Gasteiger partial charge in [-0.1, -0.05) is 51.8 Å². The van der Waals surface area contributed by atoms with Crippen molar-refractivity contribution in [2.24, 2.45) is 0 Å². The lowest BCUT2D eigenvalue weighted by Gasteiger charge is -2.10. The Labute approximate surface area is 137 Å². The Morgan fingerprint density at radius 3 is 2.48 bits per heavy atom. The first kappa shape index (κ1) is 15.7. The van der Waals surface area contributed by atoms with Crippen molar-refractivity contribution in [2.75, 3.05) is 0 Å². The fourth-order valence-electron chi connectivity index (χ4n) is 1.74. The maximum Gasteiger partial charge on any atom is 0.257 e. The average Bonchev–Trinajstić information content (AvgIpc) is 2.47. The zero-order valence-electron chi connectivity index (χ0n) is 11.5. The third-order valence-electron chi connectivity index (χ3n) is 2.94. The van der Waals surface area contributed by atoms with E-state index in [1.807, 2.05) is 43.3 Å². The summed E-state index contributed by atoms with van der Waals surface area (Å²) in [5, 5.41) is 6.01. The molecule has 0 atom stereocenters. The number of rotatable bonds is 3. The third-order valence-corrected chi connectivity index (χ3v) is 3.96. The summed E-state index contributed by atoms with van der Waals surface area (Å²) in [5.74, 6) is -0.209. The lowest BCUT2D eigenvalue weighted by atomic mass is 10.1. The summed E-state index contributed by atoms with van der Waals surface area (Å²) < 4.78 is 1.00. The number of amides is 1. The van der Waals surface area contributed by atoms with E-state index in [1.165, 1.54) is 0 Å². The first-order chi connectivity index (χ1) is 10.1. The van der Waals surface area contributed by atoms with E-state index in [4.69, 9.17) is 12.2 Å². The van der Waals surface area contributed by atoms with Gasteiger partial charge in [-0.3, -0.25) is 10.1 Å². The molecule has 0 spiro atoms. The van der Waals surface area contributed by atoms with Gasteiger partial charge in [0, 0.05) is 16.6 Å². The van der Waals surface area contributed by atoms with Crippen LogP contribution in [0.5, 0.6) is 0 Å². The van der Waals surface area contributed by atoms with Gasteiger partial charge in [0.25, 0.3) is 5.91 Å². The molecule has 1 amide bonds. The highest BCUT2D eigenvalue weighted by molar-refractivity contribution is 9.10. The van der Waals surface area contributed by atoms with Gasteiger partial charge in [-0.2, -0.15) is 0 Å². The van der Waals surface area contributed by atoms with Crippen LogP contribution in [0.25, 0.3) is 0 Å². The van der Waals surface area contributed by atoms with Gasteiger partial charge >= 0.3 is 0 Å². The summed E-state index contributed by atoms with van der Waals surface area (Å²) in [5.41, 5.74) is 2.77. The third kappa shape index (κ3) is 4.65. The van der Waals surface area contributed by atoms with Crippen LogP contribution in [0.3, 0.4) is 0 Å². The van der Waals surface area contributed by atoms with E-state index in [2.05, 4.69) is 26.6 Å². The Morgan fingerprint density at radius 1 is 1.14 bits per heavy atom. The molecule has 0 radical (unpaired) electrons. The van der Waals surface area contributed by atoms with Crippen molar-refractivity contribution < 1.29 is 4.79 Å². The van der Waals surface area contributed by atoms with E-state index in [-0.39, 0.29) is 5.91 Å². The highest BCUT2D eigenvalue weighted by Gasteiger charge is 2.07. The quantitative estimate of drug-likeness (QED) is 0.820. The highest BCUT2D eigenvalue weighted by atomic mass is 79.9. The number of halogens is 1. The molecule has 0 heterocycles. The molecular weight excluding hydrogens is 348 g/mol. The lowest BCUT2D eigenvalue weighted by molar-refractivity contribution is 0.0976. The molecule has 108 valence electrons. The topological polar surface area (TPSA) is 41.1 Å². The molecular formula is C16H15BrN2OS. The molecule has 2 N–H and O–H groups in total. The second-order valence-electron chi connectivity index (χ2n) is 4.59. The Hall–Kier alpha value is -1.72. The zero-order valence-corrected chi connectivity index (χ0v) is 13.9. The standard InChI is InChI=1S/C16H15BrN2OS/c1-11-6-8-12(9-7-11)15(20)19-16(21)18-10-13-4-2-3-5-14(13)17/h2-9H,10H2,1H3,(H2,18,19,20,21). The molecule has 0 bridgehead atoms. The first-order valence-electron chi connectivity index (χ1n) is 6.45. The summed E-state index contributed by atoms with van der Waals surface area (Å²) in [6.45, 7) is 2.53. The normalized spacial score (nSPS) is 10.0. The minimum absolute atomic E-state index is 0.209. The molecule has 0 unspecified atom stereocenters. The van der Waals surface area contributed by atoms with Crippen molar-refractivity contribution in [2.45, 2.75) is 13.5 Å². The van der Waals surface area contributed by atoms with Crippen LogP contribution in [-0.2, 0) is 6.54 Å². The molecule has 0 saturated heterocycles. The predicted octanol–water partition coefficient (Wildman–Crippen LogP) is 3.56. The Morgan fingerprint density at radius 2 is 1.81 bits per heavy atom. The van der Waals surface area contributed by atoms with E-state index in [9.17, 15) is 4.79 Å². The number of carbonyl (C=O) groups is 1. The Bertz CT molecular complexity index is 656. The summed E-state index contributed by atoms with van der Waals surface area (Å²) in [7, 11) is 0. The lowest BCUT2D eigenvalue weighted by Crippen LogP contribution is -2.38. The van der Waals surface area contributed by atoms with Crippen LogP contribution in [0.15, 0.2) is 53.0 Å². The van der Waals surface area contributed by atoms with Crippen molar-refractivity contribution >= 4 is 39.2 Å². The fraction of sp³-hybridized carbons (Fsp3) is 0.125. The number of benzene rings is 2. The fourth-order valence-corrected chi connectivity index (χ4v) is 2.33. The summed E-state index contributed by atoms with van der Waals surface area (Å²) in [4.78, 5) is 12.0. The van der Waals surface area contributed by atoms with Crippen molar-refractivity contribution in [3.8, 4) is 0 Å². The van der Waals surface area contributed by atoms with Crippen LogP contribution in [0.4, 0.5) is 0 Å². The molecule has 0 saturated carbocycles. The zero-order chi connectivity index (χ0) is 15.2. The van der Waals surface area contributed by atoms with Gasteiger partial charge in [0.1, 0.15) is 0 Å². The molecule has 3 nitrogen and oxygen atoms in total. The van der Waals surface area contributed by atoms with Crippen molar-refractivity contribution in [1.29, 1.82) is 0 Å². The molecule has 0 aliphatic rings. The molecule has 2 rings (SSSR count). The largest absolute Gasteiger partial charge is 0.358 e. The minimum atomic E-state index is -0.209. The monoisotopic (exact) mass is 362 g/mol. The predicted molar refractivity (Wildman–Crippen MR) is 92.2 cm³/mol. The van der Waals surface area contributed by atoms with Gasteiger partial charge in [-0.05, 0) is 42.9 Å². The second-order valence-corrected chi connectivity index (χ2v) is 5.86. The van der Waals surface area contributed by atoms with Crippen LogP contribution in [-0.4, -0.2) is 11.0 Å². The van der Waals surface area contributed by atoms with Crippen LogP contribution in [0, 0.1) is 6.92 Å². The number of carbonyl (C=O) groups excluding carboxylic acids is 1. The number of nitrogens with one attached hydrogen (secondary N) is 2. The Balaban J connectivity index is 1.88. The molecule has 0 aliphatic carbocycles. The minimum Gasteiger partial charge on any atom is -0.358 e. The average molecular weight is 363 g/mol. The second kappa shape index (κ2) is 7.33. The number of hydrogen-bond donors (Lipinski definition) is 2. The van der Waals surface area contributed by atoms with Gasteiger partial charge in [0.2, 0.25) is 0 Å². The summed E-state index contributed by atoms with van der Waals surface area (Å²) >= 11 is 8.61. The number of hydrogen-bond acceptors (Lipinski definition) is 2. The number of thiocarbonyl (C=S) groups is 1. The smallest absolute Gasteiger partial charge is 0.257 e. The first-order valence-corrected chi connectivity index (χ1v) is 7.65. The van der Waals surface area contributed by atoms with Crippen LogP contribution in [0.2, 0.25) is 0 Å². The van der Waals surface area contributed by atoms with E-state index >= 15 is 0 Å².